The first-order chi connectivity index (χ1) is 4.84. The summed E-state index contributed by atoms with van der Waals surface area (Å²) in [5.41, 5.74) is 0. The molecule has 0 aromatic carbocycles. The van der Waals surface area contributed by atoms with E-state index in [4.69, 9.17) is 0 Å². The van der Waals surface area contributed by atoms with Gasteiger partial charge >= 0.3 is 0 Å². The van der Waals surface area contributed by atoms with Gasteiger partial charge in [-0.3, -0.25) is 0 Å². The molecule has 1 saturated heterocycles. The fraction of sp³-hybridized carbons (Fsp3) is 1.00. The van der Waals surface area contributed by atoms with Crippen molar-refractivity contribution in [2.24, 2.45) is 5.28 Å². The zero-order chi connectivity index (χ0) is 7.40. The summed E-state index contributed by atoms with van der Waals surface area (Å²) in [4.78, 5) is 4.82. The minimum atomic E-state index is 0.507. The van der Waals surface area contributed by atoms with Crippen LogP contribution in [0.2, 0.25) is 0 Å². The van der Waals surface area contributed by atoms with Crippen LogP contribution in [0.25, 0.3) is 0 Å². The summed E-state index contributed by atoms with van der Waals surface area (Å²) < 4.78 is 0. The number of hydrogen-bond donors (Lipinski definition) is 0. The highest BCUT2D eigenvalue weighted by Gasteiger charge is 2.17. The van der Waals surface area contributed by atoms with E-state index in [9.17, 15) is 5.21 Å². The van der Waals surface area contributed by atoms with E-state index in [1.54, 1.807) is 5.01 Å². The molecule has 10 heavy (non-hydrogen) atoms. The van der Waals surface area contributed by atoms with Crippen LogP contribution in [0.3, 0.4) is 0 Å². The molecular weight excluding hydrogens is 134 g/mol. The third kappa shape index (κ3) is 1.49. The molecule has 5 heteroatoms. The molecule has 5 nitrogen and oxygen atoms in total. The molecule has 58 valence electrons. The van der Waals surface area contributed by atoms with Crippen molar-refractivity contribution in [1.82, 2.24) is 5.01 Å². The normalized spacial score (nSPS) is 19.7. The summed E-state index contributed by atoms with van der Waals surface area (Å²) in [7, 11) is 1.36. The van der Waals surface area contributed by atoms with Crippen molar-refractivity contribution in [2.45, 2.75) is 12.8 Å². The van der Waals surface area contributed by atoms with Crippen LogP contribution in [0.15, 0.2) is 5.28 Å². The van der Waals surface area contributed by atoms with Crippen LogP contribution in [0.1, 0.15) is 12.8 Å². The fourth-order valence-electron chi connectivity index (χ4n) is 0.993. The Kier molecular flexibility index (Phi) is 2.30. The zero-order valence-electron chi connectivity index (χ0n) is 5.99. The van der Waals surface area contributed by atoms with Crippen LogP contribution in [0.4, 0.5) is 0 Å². The molecule has 0 unspecified atom stereocenters. The highest BCUT2D eigenvalue weighted by molar-refractivity contribution is 4.55. The van der Waals surface area contributed by atoms with Gasteiger partial charge in [0.2, 0.25) is 5.28 Å². The summed E-state index contributed by atoms with van der Waals surface area (Å²) in [5, 5.41) is 15.6. The van der Waals surface area contributed by atoms with E-state index in [1.165, 1.54) is 7.11 Å². The Labute approximate surface area is 59.4 Å². The molecule has 0 spiro atoms. The first-order valence-corrected chi connectivity index (χ1v) is 3.31. The molecule has 0 aromatic heterocycles. The van der Waals surface area contributed by atoms with Gasteiger partial charge < -0.3 is 10.0 Å². The van der Waals surface area contributed by atoms with Crippen molar-refractivity contribution in [3.05, 3.63) is 5.21 Å². The highest BCUT2D eigenvalue weighted by Crippen LogP contribution is 2.06. The second-order valence-electron chi connectivity index (χ2n) is 2.18. The number of nitrogens with zero attached hydrogens (tertiary/aromatic N) is 3. The largest absolute Gasteiger partial charge is 0.569 e. The van der Waals surface area contributed by atoms with Crippen LogP contribution in [0, 0.1) is 5.21 Å². The predicted molar refractivity (Wildman–Crippen MR) is 33.9 cm³/mol. The molecule has 0 aliphatic carbocycles. The van der Waals surface area contributed by atoms with Crippen molar-refractivity contribution in [3.8, 4) is 0 Å². The van der Waals surface area contributed by atoms with Gasteiger partial charge in [-0.25, -0.2) is 0 Å². The van der Waals surface area contributed by atoms with E-state index in [0.29, 0.717) is 4.97 Å². The molecule has 1 aliphatic heterocycles. The van der Waals surface area contributed by atoms with Crippen molar-refractivity contribution in [1.29, 1.82) is 0 Å². The van der Waals surface area contributed by atoms with Gasteiger partial charge in [-0.2, -0.15) is 0 Å². The van der Waals surface area contributed by atoms with Crippen molar-refractivity contribution < 1.29 is 9.81 Å². The lowest BCUT2D eigenvalue weighted by atomic mass is 10.4. The molecule has 0 saturated carbocycles. The van der Waals surface area contributed by atoms with Crippen LogP contribution in [-0.2, 0) is 4.84 Å². The molecule has 1 fully saturated rings. The summed E-state index contributed by atoms with van der Waals surface area (Å²) in [6.45, 7) is 1.58. The topological polar surface area (TPSA) is 50.9 Å². The summed E-state index contributed by atoms with van der Waals surface area (Å²) in [6.07, 6.45) is 2.13. The monoisotopic (exact) mass is 145 g/mol. The predicted octanol–water partition coefficient (Wildman–Crippen LogP) is 0.521. The quantitative estimate of drug-likeness (QED) is 0.323. The molecule has 0 aromatic rings. The molecule has 1 aliphatic rings. The fourth-order valence-corrected chi connectivity index (χ4v) is 0.993. The third-order valence-corrected chi connectivity index (χ3v) is 1.48. The average Bonchev–Trinajstić information content (AvgIpc) is 2.38. The first kappa shape index (κ1) is 7.11. The Morgan fingerprint density at radius 2 is 2.10 bits per heavy atom. The second-order valence-corrected chi connectivity index (χ2v) is 2.18. The molecule has 1 heterocycles. The van der Waals surface area contributed by atoms with Gasteiger partial charge in [0.05, 0.1) is 18.1 Å². The molecule has 0 radical (unpaired) electrons. The summed E-state index contributed by atoms with van der Waals surface area (Å²) in [5.74, 6) is 0. The molecule has 0 atom stereocenters. The number of rotatable bonds is 2. The summed E-state index contributed by atoms with van der Waals surface area (Å²) >= 11 is 0. The Bertz CT molecular complexity index is 131. The molecule has 0 N–H and O–H groups in total. The lowest BCUT2D eigenvalue weighted by molar-refractivity contribution is -0.706. The van der Waals surface area contributed by atoms with Crippen molar-refractivity contribution in [3.63, 3.8) is 0 Å². The maximum Gasteiger partial charge on any atom is 0.232 e. The van der Waals surface area contributed by atoms with Crippen molar-refractivity contribution >= 4 is 0 Å². The van der Waals surface area contributed by atoms with Gasteiger partial charge in [0.15, 0.2) is 0 Å². The molecular formula is C5H11N3O2. The van der Waals surface area contributed by atoms with Crippen LogP contribution in [0.5, 0.6) is 0 Å². The Morgan fingerprint density at radius 1 is 1.50 bits per heavy atom. The number of hydrazine groups is 1. The van der Waals surface area contributed by atoms with E-state index >= 15 is 0 Å². The van der Waals surface area contributed by atoms with E-state index < -0.39 is 0 Å². The van der Waals surface area contributed by atoms with E-state index in [-0.39, 0.29) is 0 Å². The van der Waals surface area contributed by atoms with Gasteiger partial charge in [0.1, 0.15) is 7.11 Å². The standard InChI is InChI=1S/C5H11N3O2/c1-10-6-8(9)7-4-2-3-5-7/h2-5H2,1H3/b8-6+. The third-order valence-electron chi connectivity index (χ3n) is 1.48. The first-order valence-electron chi connectivity index (χ1n) is 3.31. The SMILES string of the molecule is CO/N=[N+](/[O-])N1CCCC1. The van der Waals surface area contributed by atoms with Gasteiger partial charge in [-0.1, -0.05) is 0 Å². The number of hydrogen-bond acceptors (Lipinski definition) is 3. The van der Waals surface area contributed by atoms with Gasteiger partial charge in [0.25, 0.3) is 0 Å². The highest BCUT2D eigenvalue weighted by atomic mass is 16.7. The zero-order valence-corrected chi connectivity index (χ0v) is 5.99. The van der Waals surface area contributed by atoms with Crippen molar-refractivity contribution in [2.75, 3.05) is 20.2 Å². The van der Waals surface area contributed by atoms with Gasteiger partial charge in [-0.05, 0) is 12.8 Å². The maximum absolute atomic E-state index is 10.8. The smallest absolute Gasteiger partial charge is 0.232 e. The Hall–Kier alpha value is -1.00. The molecule has 1 rings (SSSR count). The minimum absolute atomic E-state index is 0.507. The summed E-state index contributed by atoms with van der Waals surface area (Å²) in [6, 6.07) is 0. The lowest BCUT2D eigenvalue weighted by Crippen LogP contribution is -2.27. The average molecular weight is 145 g/mol. The lowest BCUT2D eigenvalue weighted by Gasteiger charge is -2.08. The van der Waals surface area contributed by atoms with Crippen LogP contribution in [-0.4, -0.2) is 30.2 Å². The maximum atomic E-state index is 10.8. The second kappa shape index (κ2) is 3.24. The van der Waals surface area contributed by atoms with Crippen LogP contribution < -0.4 is 0 Å². The van der Waals surface area contributed by atoms with Crippen LogP contribution >= 0.6 is 0 Å². The van der Waals surface area contributed by atoms with Gasteiger partial charge in [0, 0.05) is 0 Å². The van der Waals surface area contributed by atoms with Gasteiger partial charge in [-0.15, -0.1) is 5.01 Å². The Balaban J connectivity index is 2.39. The van der Waals surface area contributed by atoms with E-state index in [2.05, 4.69) is 10.1 Å². The van der Waals surface area contributed by atoms with E-state index in [1.807, 2.05) is 0 Å². The minimum Gasteiger partial charge on any atom is -0.569 e. The molecule has 0 bridgehead atoms. The Morgan fingerprint density at radius 3 is 2.60 bits per heavy atom. The molecule has 0 amide bonds. The van der Waals surface area contributed by atoms with E-state index in [0.717, 1.165) is 25.9 Å².